The zero-order valence-corrected chi connectivity index (χ0v) is 28.3. The molecule has 11 heteroatoms. The molecule has 250 valence electrons. The molecule has 0 spiro atoms. The summed E-state index contributed by atoms with van der Waals surface area (Å²) in [6.45, 7) is 11.0. The molecule has 3 amide bonds. The molecule has 8 nitrogen and oxygen atoms in total. The molecule has 4 N–H and O–H groups in total. The topological polar surface area (TPSA) is 116 Å². The van der Waals surface area contributed by atoms with Crippen molar-refractivity contribution in [3.8, 4) is 0 Å². The minimum absolute atomic E-state index is 0.0549. The van der Waals surface area contributed by atoms with Crippen LogP contribution in [-0.4, -0.2) is 89.0 Å². The van der Waals surface area contributed by atoms with Crippen LogP contribution in [0, 0.1) is 24.5 Å². The van der Waals surface area contributed by atoms with E-state index in [4.69, 9.17) is 5.73 Å². The second-order valence-electron chi connectivity index (χ2n) is 12.0. The van der Waals surface area contributed by atoms with Gasteiger partial charge < -0.3 is 26.0 Å². The van der Waals surface area contributed by atoms with Crippen LogP contribution in [0.5, 0.6) is 0 Å². The summed E-state index contributed by atoms with van der Waals surface area (Å²) in [5.41, 5.74) is 7.85. The number of nitrogens with zero attached hydrogens (tertiary/aromatic N) is 2. The molecule has 0 bridgehead atoms. The summed E-state index contributed by atoms with van der Waals surface area (Å²) in [7, 11) is 0. The van der Waals surface area contributed by atoms with Crippen LogP contribution in [-0.2, 0) is 11.2 Å². The number of carbonyl (C=O) groups is 3. The zero-order valence-electron chi connectivity index (χ0n) is 27.4. The summed E-state index contributed by atoms with van der Waals surface area (Å²) in [5.74, 6) is -1.86. The number of benzene rings is 2. The molecule has 0 unspecified atom stereocenters. The number of rotatable bonds is 18. The first-order valence-electron chi connectivity index (χ1n) is 15.7. The van der Waals surface area contributed by atoms with Crippen LogP contribution in [0.1, 0.15) is 78.8 Å². The number of thioether (sulfide) groups is 1. The first-order chi connectivity index (χ1) is 21.3. The summed E-state index contributed by atoms with van der Waals surface area (Å²) in [5, 5.41) is 14.2. The van der Waals surface area contributed by atoms with Crippen molar-refractivity contribution >= 4 is 29.5 Å². The molecule has 2 aromatic carbocycles. The second kappa shape index (κ2) is 18.8. The SMILES string of the molecule is CCCN(CCC)C(=O)c1cc(C)cc(C(=O)N(C[C@@H](O)[C@@H](N)Cc2cc(F)cc(F)c2)[C@@H](CCSC)C(=O)NCC(C)C)c1. The highest BCUT2D eigenvalue weighted by molar-refractivity contribution is 7.98. The molecule has 0 saturated heterocycles. The lowest BCUT2D eigenvalue weighted by molar-refractivity contribution is -0.126. The van der Waals surface area contributed by atoms with Crippen molar-refractivity contribution in [1.82, 2.24) is 15.1 Å². The number of aliphatic hydroxyl groups is 1. The van der Waals surface area contributed by atoms with Gasteiger partial charge in [-0.3, -0.25) is 14.4 Å². The molecule has 0 saturated carbocycles. The van der Waals surface area contributed by atoms with Crippen molar-refractivity contribution in [3.05, 3.63) is 70.3 Å². The Morgan fingerprint density at radius 2 is 1.53 bits per heavy atom. The van der Waals surface area contributed by atoms with E-state index < -0.39 is 35.7 Å². The summed E-state index contributed by atoms with van der Waals surface area (Å²) in [6.07, 6.45) is 2.41. The monoisotopic (exact) mass is 648 g/mol. The second-order valence-corrected chi connectivity index (χ2v) is 13.0. The molecule has 3 atom stereocenters. The van der Waals surface area contributed by atoms with E-state index >= 15 is 0 Å². The largest absolute Gasteiger partial charge is 0.390 e. The third-order valence-corrected chi connectivity index (χ3v) is 7.98. The molecule has 0 heterocycles. The lowest BCUT2D eigenvalue weighted by atomic mass is 9.99. The number of carbonyl (C=O) groups excluding carboxylic acids is 3. The maximum atomic E-state index is 14.3. The van der Waals surface area contributed by atoms with Gasteiger partial charge in [-0.1, -0.05) is 27.7 Å². The van der Waals surface area contributed by atoms with Crippen molar-refractivity contribution in [1.29, 1.82) is 0 Å². The third kappa shape index (κ3) is 12.0. The van der Waals surface area contributed by atoms with Crippen LogP contribution in [0.25, 0.3) is 0 Å². The number of nitrogens with two attached hydrogens (primary N) is 1. The van der Waals surface area contributed by atoms with Gasteiger partial charge in [0.15, 0.2) is 0 Å². The Balaban J connectivity index is 2.52. The van der Waals surface area contributed by atoms with Crippen molar-refractivity contribution in [2.45, 2.75) is 78.5 Å². The van der Waals surface area contributed by atoms with E-state index in [2.05, 4.69) is 5.32 Å². The highest BCUT2D eigenvalue weighted by atomic mass is 32.2. The number of hydrogen-bond donors (Lipinski definition) is 3. The van der Waals surface area contributed by atoms with E-state index in [-0.39, 0.29) is 41.8 Å². The van der Waals surface area contributed by atoms with E-state index in [1.54, 1.807) is 30.0 Å². The Kier molecular flexibility index (Phi) is 16.0. The van der Waals surface area contributed by atoms with E-state index in [0.717, 1.165) is 31.0 Å². The smallest absolute Gasteiger partial charge is 0.254 e. The van der Waals surface area contributed by atoms with Gasteiger partial charge in [0, 0.05) is 49.4 Å². The number of aliphatic hydroxyl groups excluding tert-OH is 1. The van der Waals surface area contributed by atoms with E-state index in [9.17, 15) is 28.3 Å². The number of amides is 3. The highest BCUT2D eigenvalue weighted by Gasteiger charge is 2.34. The van der Waals surface area contributed by atoms with Gasteiger partial charge in [0.05, 0.1) is 6.10 Å². The molecular weight excluding hydrogens is 598 g/mol. The quantitative estimate of drug-likeness (QED) is 0.214. The predicted molar refractivity (Wildman–Crippen MR) is 177 cm³/mol. The lowest BCUT2D eigenvalue weighted by Gasteiger charge is -2.34. The molecule has 0 aliphatic heterocycles. The first-order valence-corrected chi connectivity index (χ1v) is 17.1. The average Bonchev–Trinajstić information content (AvgIpc) is 2.97. The Labute approximate surface area is 271 Å². The Morgan fingerprint density at radius 3 is 2.07 bits per heavy atom. The molecule has 2 aromatic rings. The molecular formula is C34H50F2N4O4S. The maximum Gasteiger partial charge on any atom is 0.254 e. The van der Waals surface area contributed by atoms with Crippen LogP contribution < -0.4 is 11.1 Å². The number of aryl methyl sites for hydroxylation is 1. The fourth-order valence-electron chi connectivity index (χ4n) is 5.14. The third-order valence-electron chi connectivity index (χ3n) is 7.34. The number of nitrogens with one attached hydrogen (secondary N) is 1. The van der Waals surface area contributed by atoms with E-state index in [1.807, 2.05) is 34.0 Å². The van der Waals surface area contributed by atoms with Crippen LogP contribution in [0.15, 0.2) is 36.4 Å². The first kappa shape index (κ1) is 38.2. The van der Waals surface area contributed by atoms with Gasteiger partial charge >= 0.3 is 0 Å². The van der Waals surface area contributed by atoms with Gasteiger partial charge in [-0.2, -0.15) is 11.8 Å². The fraction of sp³-hybridized carbons (Fsp3) is 0.559. The highest BCUT2D eigenvalue weighted by Crippen LogP contribution is 2.20. The number of hydrogen-bond acceptors (Lipinski definition) is 6. The fourth-order valence-corrected chi connectivity index (χ4v) is 5.60. The zero-order chi connectivity index (χ0) is 33.7. The normalized spacial score (nSPS) is 13.3. The Bertz CT molecular complexity index is 1250. The van der Waals surface area contributed by atoms with Crippen LogP contribution in [0.4, 0.5) is 8.78 Å². The summed E-state index contributed by atoms with van der Waals surface area (Å²) in [6, 6.07) is 6.06. The van der Waals surface area contributed by atoms with E-state index in [1.165, 1.54) is 16.7 Å². The van der Waals surface area contributed by atoms with Crippen molar-refractivity contribution < 1.29 is 28.3 Å². The summed E-state index contributed by atoms with van der Waals surface area (Å²) < 4.78 is 27.6. The minimum Gasteiger partial charge on any atom is -0.390 e. The molecule has 45 heavy (non-hydrogen) atoms. The van der Waals surface area contributed by atoms with Gasteiger partial charge in [0.1, 0.15) is 17.7 Å². The molecule has 0 fully saturated rings. The van der Waals surface area contributed by atoms with Gasteiger partial charge in [-0.15, -0.1) is 0 Å². The number of halogens is 2. The van der Waals surface area contributed by atoms with Crippen LogP contribution in [0.2, 0.25) is 0 Å². The molecule has 0 aliphatic carbocycles. The Hall–Kier alpha value is -3.02. The Morgan fingerprint density at radius 1 is 0.956 bits per heavy atom. The van der Waals surface area contributed by atoms with E-state index in [0.29, 0.717) is 42.9 Å². The summed E-state index contributed by atoms with van der Waals surface area (Å²) >= 11 is 1.52. The predicted octanol–water partition coefficient (Wildman–Crippen LogP) is 4.80. The molecule has 0 radical (unpaired) electrons. The average molecular weight is 649 g/mol. The van der Waals surface area contributed by atoms with Gasteiger partial charge in [-0.05, 0) is 92.0 Å². The van der Waals surface area contributed by atoms with Crippen molar-refractivity contribution in [3.63, 3.8) is 0 Å². The standard InChI is InChI=1S/C34H50F2N4O4S/c1-7-10-39(11-8-2)33(43)25-13-23(5)14-26(18-25)34(44)40(30(9-12-45-6)32(42)38-20-22(3)4)21-31(41)29(37)17-24-15-27(35)19-28(36)16-24/h13-16,18-19,22,29-31,41H,7-12,17,20-21,37H2,1-6H3,(H,38,42)/t29-,30-,31+/m0/s1. The molecule has 0 aliphatic rings. The lowest BCUT2D eigenvalue weighted by Crippen LogP contribution is -2.55. The maximum absolute atomic E-state index is 14.3. The van der Waals surface area contributed by atoms with Crippen LogP contribution in [0.3, 0.4) is 0 Å². The molecule has 0 aromatic heterocycles. The van der Waals surface area contributed by atoms with Crippen LogP contribution >= 0.6 is 11.8 Å². The van der Waals surface area contributed by atoms with Crippen molar-refractivity contribution in [2.75, 3.05) is 38.2 Å². The van der Waals surface area contributed by atoms with Gasteiger partial charge in [0.25, 0.3) is 11.8 Å². The van der Waals surface area contributed by atoms with Gasteiger partial charge in [0.2, 0.25) is 5.91 Å². The minimum atomic E-state index is -1.33. The van der Waals surface area contributed by atoms with Gasteiger partial charge in [-0.25, -0.2) is 8.78 Å². The molecule has 2 rings (SSSR count). The summed E-state index contributed by atoms with van der Waals surface area (Å²) in [4.78, 5) is 44.4. The van der Waals surface area contributed by atoms with Crippen molar-refractivity contribution in [2.24, 2.45) is 11.7 Å².